The van der Waals surface area contributed by atoms with Gasteiger partial charge in [-0.3, -0.25) is 9.20 Å². The first kappa shape index (κ1) is 22.2. The summed E-state index contributed by atoms with van der Waals surface area (Å²) in [6, 6.07) is 23.5. The number of rotatable bonds is 6. The Morgan fingerprint density at radius 1 is 0.833 bits per heavy atom. The molecular weight excluding hydrogens is 472 g/mol. The second-order valence-electron chi connectivity index (χ2n) is 8.54. The van der Waals surface area contributed by atoms with Crippen LogP contribution in [-0.2, 0) is 12.2 Å². The Morgan fingerprint density at radius 2 is 1.61 bits per heavy atom. The summed E-state index contributed by atoms with van der Waals surface area (Å²) in [6.07, 6.45) is 0.582. The molecule has 0 spiro atoms. The van der Waals surface area contributed by atoms with E-state index in [-0.39, 0.29) is 5.56 Å². The standard InChI is InChI=1S/C27H22N6O2S/c1-17-9-8-14-21(18(17)2)32-25(34)20-12-6-7-13-22(20)33-26(32)30-31-27(33)36-16-24-29-28-23(35-24)15-19-10-4-3-5-11-19/h3-14H,15-16H2,1-2H3. The first-order valence-corrected chi connectivity index (χ1v) is 12.5. The monoisotopic (exact) mass is 494 g/mol. The third kappa shape index (κ3) is 3.87. The van der Waals surface area contributed by atoms with Gasteiger partial charge in [-0.05, 0) is 48.7 Å². The lowest BCUT2D eigenvalue weighted by Crippen LogP contribution is -2.22. The second kappa shape index (κ2) is 9.09. The molecule has 9 heteroatoms. The molecule has 0 atom stereocenters. The Balaban J connectivity index is 1.39. The first-order valence-electron chi connectivity index (χ1n) is 11.5. The molecule has 0 aliphatic heterocycles. The average molecular weight is 495 g/mol. The smallest absolute Gasteiger partial charge is 0.267 e. The molecule has 3 heterocycles. The predicted molar refractivity (Wildman–Crippen MR) is 139 cm³/mol. The molecule has 0 aliphatic rings. The van der Waals surface area contributed by atoms with Gasteiger partial charge in [0.2, 0.25) is 17.6 Å². The van der Waals surface area contributed by atoms with Crippen LogP contribution in [0.25, 0.3) is 22.4 Å². The number of aromatic nitrogens is 6. The average Bonchev–Trinajstić information content (AvgIpc) is 3.53. The highest BCUT2D eigenvalue weighted by molar-refractivity contribution is 7.98. The van der Waals surface area contributed by atoms with Crippen LogP contribution in [0.1, 0.15) is 28.5 Å². The van der Waals surface area contributed by atoms with Gasteiger partial charge >= 0.3 is 0 Å². The van der Waals surface area contributed by atoms with Crippen molar-refractivity contribution in [3.8, 4) is 5.69 Å². The maximum atomic E-state index is 13.6. The van der Waals surface area contributed by atoms with Crippen molar-refractivity contribution in [3.63, 3.8) is 0 Å². The van der Waals surface area contributed by atoms with Crippen molar-refractivity contribution >= 4 is 28.4 Å². The summed E-state index contributed by atoms with van der Waals surface area (Å²) < 4.78 is 9.44. The van der Waals surface area contributed by atoms with E-state index in [0.29, 0.717) is 40.3 Å². The van der Waals surface area contributed by atoms with Gasteiger partial charge in [-0.2, -0.15) is 0 Å². The van der Waals surface area contributed by atoms with Crippen LogP contribution in [0.5, 0.6) is 0 Å². The summed E-state index contributed by atoms with van der Waals surface area (Å²) >= 11 is 1.44. The Bertz CT molecular complexity index is 1770. The van der Waals surface area contributed by atoms with Crippen molar-refractivity contribution < 1.29 is 4.42 Å². The molecule has 3 aromatic carbocycles. The van der Waals surface area contributed by atoms with Crippen LogP contribution in [0.2, 0.25) is 0 Å². The van der Waals surface area contributed by atoms with Crippen molar-refractivity contribution in [1.29, 1.82) is 0 Å². The fourth-order valence-electron chi connectivity index (χ4n) is 4.28. The molecule has 0 aliphatic carbocycles. The Hall–Kier alpha value is -4.24. The predicted octanol–water partition coefficient (Wildman–Crippen LogP) is 4.92. The van der Waals surface area contributed by atoms with E-state index in [1.165, 1.54) is 11.8 Å². The van der Waals surface area contributed by atoms with E-state index >= 15 is 0 Å². The fourth-order valence-corrected chi connectivity index (χ4v) is 5.06. The van der Waals surface area contributed by atoms with E-state index in [2.05, 4.69) is 20.4 Å². The zero-order valence-corrected chi connectivity index (χ0v) is 20.6. The van der Waals surface area contributed by atoms with E-state index in [0.717, 1.165) is 27.9 Å². The largest absolute Gasteiger partial charge is 0.424 e. The Kier molecular flexibility index (Phi) is 5.61. The highest BCUT2D eigenvalue weighted by atomic mass is 32.2. The molecule has 3 aromatic heterocycles. The van der Waals surface area contributed by atoms with Crippen LogP contribution in [0.4, 0.5) is 0 Å². The lowest BCUT2D eigenvalue weighted by molar-refractivity contribution is 0.474. The summed E-state index contributed by atoms with van der Waals surface area (Å²) in [5, 5.41) is 18.5. The van der Waals surface area contributed by atoms with Crippen LogP contribution in [0, 0.1) is 13.8 Å². The van der Waals surface area contributed by atoms with Crippen molar-refractivity contribution in [2.24, 2.45) is 0 Å². The number of fused-ring (bicyclic) bond motifs is 3. The molecule has 0 bridgehead atoms. The number of nitrogens with zero attached hydrogens (tertiary/aromatic N) is 6. The Labute approximate surface area is 210 Å². The zero-order chi connectivity index (χ0) is 24.6. The maximum Gasteiger partial charge on any atom is 0.267 e. The highest BCUT2D eigenvalue weighted by Gasteiger charge is 2.20. The number of hydrogen-bond donors (Lipinski definition) is 0. The minimum Gasteiger partial charge on any atom is -0.424 e. The minimum absolute atomic E-state index is 0.127. The molecule has 0 saturated heterocycles. The molecule has 8 nitrogen and oxygen atoms in total. The van der Waals surface area contributed by atoms with Gasteiger partial charge in [-0.1, -0.05) is 66.4 Å². The van der Waals surface area contributed by atoms with Gasteiger partial charge in [0, 0.05) is 0 Å². The number of hydrogen-bond acceptors (Lipinski definition) is 7. The molecule has 0 saturated carbocycles. The third-order valence-corrected chi connectivity index (χ3v) is 7.16. The van der Waals surface area contributed by atoms with E-state index in [4.69, 9.17) is 4.42 Å². The molecule has 6 aromatic rings. The zero-order valence-electron chi connectivity index (χ0n) is 19.8. The van der Waals surface area contributed by atoms with Crippen LogP contribution >= 0.6 is 11.8 Å². The number of benzene rings is 3. The van der Waals surface area contributed by atoms with Crippen molar-refractivity contribution in [1.82, 2.24) is 29.4 Å². The van der Waals surface area contributed by atoms with Crippen LogP contribution < -0.4 is 5.56 Å². The van der Waals surface area contributed by atoms with Crippen LogP contribution in [0.15, 0.2) is 87.2 Å². The van der Waals surface area contributed by atoms with Gasteiger partial charge in [0.1, 0.15) is 0 Å². The van der Waals surface area contributed by atoms with E-state index in [1.54, 1.807) is 4.57 Å². The number of aryl methyl sites for hydroxylation is 1. The van der Waals surface area contributed by atoms with Crippen molar-refractivity contribution in [3.05, 3.63) is 112 Å². The third-order valence-electron chi connectivity index (χ3n) is 6.24. The lowest BCUT2D eigenvalue weighted by atomic mass is 10.1. The topological polar surface area (TPSA) is 91.1 Å². The molecule has 0 amide bonds. The van der Waals surface area contributed by atoms with Gasteiger partial charge in [0.25, 0.3) is 5.56 Å². The normalized spacial score (nSPS) is 11.5. The molecule has 0 unspecified atom stereocenters. The summed E-state index contributed by atoms with van der Waals surface area (Å²) in [4.78, 5) is 13.6. The van der Waals surface area contributed by atoms with Crippen LogP contribution in [-0.4, -0.2) is 29.4 Å². The quantitative estimate of drug-likeness (QED) is 0.304. The SMILES string of the molecule is Cc1cccc(-n2c(=O)c3ccccc3n3c(SCc4nnc(Cc5ccccc5)o4)nnc23)c1C. The summed E-state index contributed by atoms with van der Waals surface area (Å²) in [7, 11) is 0. The van der Waals surface area contributed by atoms with Gasteiger partial charge in [0.15, 0.2) is 5.16 Å². The van der Waals surface area contributed by atoms with Crippen molar-refractivity contribution in [2.45, 2.75) is 31.2 Å². The Morgan fingerprint density at radius 3 is 2.47 bits per heavy atom. The van der Waals surface area contributed by atoms with Gasteiger partial charge in [-0.25, -0.2) is 4.57 Å². The molecule has 6 rings (SSSR count). The number of thioether (sulfide) groups is 1. The molecule has 0 N–H and O–H groups in total. The van der Waals surface area contributed by atoms with Gasteiger partial charge in [-0.15, -0.1) is 20.4 Å². The maximum absolute atomic E-state index is 13.6. The molecule has 36 heavy (non-hydrogen) atoms. The second-order valence-corrected chi connectivity index (χ2v) is 9.48. The molecule has 0 radical (unpaired) electrons. The van der Waals surface area contributed by atoms with Crippen molar-refractivity contribution in [2.75, 3.05) is 0 Å². The first-order chi connectivity index (χ1) is 17.6. The summed E-state index contributed by atoms with van der Waals surface area (Å²) in [5.41, 5.74) is 4.65. The molecular formula is C27H22N6O2S. The van der Waals surface area contributed by atoms with E-state index < -0.39 is 0 Å². The van der Waals surface area contributed by atoms with E-state index in [9.17, 15) is 4.79 Å². The van der Waals surface area contributed by atoms with Crippen LogP contribution in [0.3, 0.4) is 0 Å². The van der Waals surface area contributed by atoms with E-state index in [1.807, 2.05) is 91.0 Å². The molecule has 178 valence electrons. The minimum atomic E-state index is -0.127. The fraction of sp³-hybridized carbons (Fsp3) is 0.148. The highest BCUT2D eigenvalue weighted by Crippen LogP contribution is 2.27. The summed E-state index contributed by atoms with van der Waals surface area (Å²) in [6.45, 7) is 4.04. The number of para-hydroxylation sites is 1. The lowest BCUT2D eigenvalue weighted by Gasteiger charge is -2.14. The molecule has 0 fully saturated rings. The van der Waals surface area contributed by atoms with Gasteiger partial charge in [0.05, 0.1) is 28.8 Å². The summed E-state index contributed by atoms with van der Waals surface area (Å²) in [5.74, 6) is 1.97. The van der Waals surface area contributed by atoms with Gasteiger partial charge < -0.3 is 4.42 Å².